The molecular weight excluding hydrogens is 344 g/mol. The van der Waals surface area contributed by atoms with Crippen molar-refractivity contribution < 1.29 is 13.2 Å². The molecule has 1 amide bonds. The molecule has 0 bridgehead atoms. The van der Waals surface area contributed by atoms with Gasteiger partial charge in [-0.2, -0.15) is 4.72 Å². The van der Waals surface area contributed by atoms with E-state index < -0.39 is 16.1 Å². The first-order chi connectivity index (χ1) is 9.27. The Bertz CT molecular complexity index is 587. The minimum absolute atomic E-state index is 0.147. The molecule has 0 heterocycles. The van der Waals surface area contributed by atoms with Crippen LogP contribution in [-0.2, 0) is 14.8 Å². The lowest BCUT2D eigenvalue weighted by atomic mass is 10.2. The second-order valence-electron chi connectivity index (χ2n) is 4.54. The van der Waals surface area contributed by atoms with E-state index in [2.05, 4.69) is 26.0 Å². The molecule has 0 saturated carbocycles. The molecule has 0 spiro atoms. The molecule has 0 saturated heterocycles. The Morgan fingerprint density at radius 3 is 2.60 bits per heavy atom. The first-order valence-electron chi connectivity index (χ1n) is 6.34. The average molecular weight is 363 g/mol. The standard InChI is InChI=1S/C13H19BrN2O3S/c1-4-7-15-13(17)10(3)16-20(18,19)11-5-6-12(14)9(2)8-11/h5-6,8,10,16H,4,7H2,1-3H3,(H,15,17)/t10-/m1/s1. The molecule has 1 rings (SSSR count). The zero-order valence-corrected chi connectivity index (χ0v) is 14.1. The van der Waals surface area contributed by atoms with Crippen molar-refractivity contribution in [1.29, 1.82) is 0 Å². The molecule has 0 aliphatic heterocycles. The molecule has 0 radical (unpaired) electrons. The fourth-order valence-corrected chi connectivity index (χ4v) is 3.07. The SMILES string of the molecule is CCCNC(=O)[C@@H](C)NS(=O)(=O)c1ccc(Br)c(C)c1. The summed E-state index contributed by atoms with van der Waals surface area (Å²) < 4.78 is 27.6. The van der Waals surface area contributed by atoms with Crippen LogP contribution in [0, 0.1) is 6.92 Å². The number of carbonyl (C=O) groups is 1. The van der Waals surface area contributed by atoms with Crippen LogP contribution in [0.5, 0.6) is 0 Å². The van der Waals surface area contributed by atoms with Gasteiger partial charge in [0, 0.05) is 11.0 Å². The highest BCUT2D eigenvalue weighted by atomic mass is 79.9. The summed E-state index contributed by atoms with van der Waals surface area (Å²) in [6.07, 6.45) is 0.803. The second kappa shape index (κ2) is 7.19. The van der Waals surface area contributed by atoms with Gasteiger partial charge in [-0.3, -0.25) is 4.79 Å². The molecule has 0 aliphatic rings. The van der Waals surface area contributed by atoms with Gasteiger partial charge in [-0.1, -0.05) is 22.9 Å². The molecule has 1 aromatic rings. The number of hydrogen-bond acceptors (Lipinski definition) is 3. The van der Waals surface area contributed by atoms with Crippen molar-refractivity contribution in [3.63, 3.8) is 0 Å². The maximum absolute atomic E-state index is 12.2. The maximum atomic E-state index is 12.2. The summed E-state index contributed by atoms with van der Waals surface area (Å²) >= 11 is 3.32. The quantitative estimate of drug-likeness (QED) is 0.811. The van der Waals surface area contributed by atoms with Crippen molar-refractivity contribution in [2.24, 2.45) is 0 Å². The number of aryl methyl sites for hydroxylation is 1. The van der Waals surface area contributed by atoms with Gasteiger partial charge in [0.15, 0.2) is 0 Å². The Hall–Kier alpha value is -0.920. The van der Waals surface area contributed by atoms with E-state index in [-0.39, 0.29) is 10.8 Å². The van der Waals surface area contributed by atoms with Crippen LogP contribution in [0.1, 0.15) is 25.8 Å². The van der Waals surface area contributed by atoms with Gasteiger partial charge in [0.2, 0.25) is 15.9 Å². The summed E-state index contributed by atoms with van der Waals surface area (Å²) in [4.78, 5) is 11.8. The van der Waals surface area contributed by atoms with Gasteiger partial charge in [-0.15, -0.1) is 0 Å². The van der Waals surface area contributed by atoms with Crippen LogP contribution in [0.15, 0.2) is 27.6 Å². The normalized spacial score (nSPS) is 13.0. The molecule has 5 nitrogen and oxygen atoms in total. The zero-order chi connectivity index (χ0) is 15.3. The summed E-state index contributed by atoms with van der Waals surface area (Å²) in [5.74, 6) is -0.329. The van der Waals surface area contributed by atoms with E-state index in [4.69, 9.17) is 0 Å². The Labute approximate surface area is 128 Å². The van der Waals surface area contributed by atoms with Crippen LogP contribution in [0.3, 0.4) is 0 Å². The molecule has 0 unspecified atom stereocenters. The largest absolute Gasteiger partial charge is 0.355 e. The van der Waals surface area contributed by atoms with E-state index in [0.717, 1.165) is 16.5 Å². The van der Waals surface area contributed by atoms with Crippen molar-refractivity contribution in [2.75, 3.05) is 6.54 Å². The minimum atomic E-state index is -3.70. The Morgan fingerprint density at radius 1 is 1.40 bits per heavy atom. The van der Waals surface area contributed by atoms with E-state index in [0.29, 0.717) is 6.54 Å². The third-order valence-corrected chi connectivity index (χ3v) is 5.14. The van der Waals surface area contributed by atoms with Gasteiger partial charge in [-0.25, -0.2) is 8.42 Å². The zero-order valence-electron chi connectivity index (χ0n) is 11.7. The van der Waals surface area contributed by atoms with Gasteiger partial charge >= 0.3 is 0 Å². The first-order valence-corrected chi connectivity index (χ1v) is 8.61. The molecule has 0 fully saturated rings. The van der Waals surface area contributed by atoms with Gasteiger partial charge in [0.25, 0.3) is 0 Å². The van der Waals surface area contributed by atoms with E-state index in [9.17, 15) is 13.2 Å². The van der Waals surface area contributed by atoms with E-state index in [1.54, 1.807) is 19.1 Å². The molecule has 7 heteroatoms. The molecule has 0 aliphatic carbocycles. The van der Waals surface area contributed by atoms with Crippen LogP contribution >= 0.6 is 15.9 Å². The predicted molar refractivity (Wildman–Crippen MR) is 82.0 cm³/mol. The molecule has 20 heavy (non-hydrogen) atoms. The number of amides is 1. The van der Waals surface area contributed by atoms with Gasteiger partial charge in [-0.05, 0) is 44.0 Å². The highest BCUT2D eigenvalue weighted by molar-refractivity contribution is 9.10. The molecule has 2 N–H and O–H groups in total. The minimum Gasteiger partial charge on any atom is -0.355 e. The third kappa shape index (κ3) is 4.57. The topological polar surface area (TPSA) is 75.3 Å². The predicted octanol–water partition coefficient (Wildman–Crippen LogP) is 1.95. The summed E-state index contributed by atoms with van der Waals surface area (Å²) in [5, 5.41) is 2.65. The molecule has 0 aromatic heterocycles. The molecular formula is C13H19BrN2O3S. The summed E-state index contributed by atoms with van der Waals surface area (Å²) in [7, 11) is -3.70. The number of sulfonamides is 1. The fraction of sp³-hybridized carbons (Fsp3) is 0.462. The molecule has 112 valence electrons. The number of nitrogens with one attached hydrogen (secondary N) is 2. The lowest BCUT2D eigenvalue weighted by molar-refractivity contribution is -0.122. The number of rotatable bonds is 6. The van der Waals surface area contributed by atoms with Crippen molar-refractivity contribution in [1.82, 2.24) is 10.0 Å². The molecule has 1 atom stereocenters. The lowest BCUT2D eigenvalue weighted by Gasteiger charge is -2.14. The van der Waals surface area contributed by atoms with Crippen molar-refractivity contribution >= 4 is 31.9 Å². The highest BCUT2D eigenvalue weighted by Gasteiger charge is 2.22. The number of hydrogen-bond donors (Lipinski definition) is 2. The van der Waals surface area contributed by atoms with Crippen molar-refractivity contribution in [2.45, 2.75) is 38.1 Å². The fourth-order valence-electron chi connectivity index (χ4n) is 1.54. The Morgan fingerprint density at radius 2 is 2.05 bits per heavy atom. The van der Waals surface area contributed by atoms with Gasteiger partial charge in [0.1, 0.15) is 0 Å². The Balaban J connectivity index is 2.84. The van der Waals surface area contributed by atoms with Gasteiger partial charge < -0.3 is 5.32 Å². The number of carbonyl (C=O) groups excluding carboxylic acids is 1. The second-order valence-corrected chi connectivity index (χ2v) is 7.11. The molecule has 1 aromatic carbocycles. The Kier molecular flexibility index (Phi) is 6.16. The summed E-state index contributed by atoms with van der Waals surface area (Å²) in [5.41, 5.74) is 0.816. The summed E-state index contributed by atoms with van der Waals surface area (Å²) in [6, 6.07) is 3.92. The third-order valence-electron chi connectivity index (χ3n) is 2.71. The van der Waals surface area contributed by atoms with Crippen molar-refractivity contribution in [3.8, 4) is 0 Å². The smallest absolute Gasteiger partial charge is 0.241 e. The maximum Gasteiger partial charge on any atom is 0.241 e. The number of benzene rings is 1. The van der Waals surface area contributed by atoms with Crippen molar-refractivity contribution in [3.05, 3.63) is 28.2 Å². The highest BCUT2D eigenvalue weighted by Crippen LogP contribution is 2.20. The van der Waals surface area contributed by atoms with Crippen LogP contribution in [0.25, 0.3) is 0 Å². The number of halogens is 1. The van der Waals surface area contributed by atoms with Crippen LogP contribution < -0.4 is 10.0 Å². The van der Waals surface area contributed by atoms with Gasteiger partial charge in [0.05, 0.1) is 10.9 Å². The summed E-state index contributed by atoms with van der Waals surface area (Å²) in [6.45, 7) is 5.79. The van der Waals surface area contributed by atoms with E-state index in [1.807, 2.05) is 6.92 Å². The first kappa shape index (κ1) is 17.1. The average Bonchev–Trinajstić information content (AvgIpc) is 2.38. The monoisotopic (exact) mass is 362 g/mol. The van der Waals surface area contributed by atoms with E-state index in [1.165, 1.54) is 13.0 Å². The van der Waals surface area contributed by atoms with Crippen LogP contribution in [0.2, 0.25) is 0 Å². The lowest BCUT2D eigenvalue weighted by Crippen LogP contribution is -2.44. The van der Waals surface area contributed by atoms with E-state index >= 15 is 0 Å². The van der Waals surface area contributed by atoms with Crippen LogP contribution in [-0.4, -0.2) is 26.9 Å². The van der Waals surface area contributed by atoms with Crippen LogP contribution in [0.4, 0.5) is 0 Å².